The van der Waals surface area contributed by atoms with Crippen LogP contribution in [0.15, 0.2) is 65.6 Å². The van der Waals surface area contributed by atoms with Crippen LogP contribution in [0.3, 0.4) is 0 Å². The fraction of sp³-hybridized carbons (Fsp3) is 0. The normalized spacial score (nSPS) is 10.6. The summed E-state index contributed by atoms with van der Waals surface area (Å²) in [6, 6.07) is 15.1. The number of hydrogen-bond acceptors (Lipinski definition) is 3. The van der Waals surface area contributed by atoms with Crippen molar-refractivity contribution in [2.75, 3.05) is 0 Å². The Labute approximate surface area is 130 Å². The number of carbonyl (C=O) groups excluding carboxylic acids is 1. The first-order valence-electron chi connectivity index (χ1n) is 6.47. The average molecular weight is 315 g/mol. The highest BCUT2D eigenvalue weighted by molar-refractivity contribution is 6.33. The predicted molar refractivity (Wildman–Crippen MR) is 82.9 cm³/mol. The summed E-state index contributed by atoms with van der Waals surface area (Å²) >= 11 is 5.97. The molecule has 2 aromatic carbocycles. The number of rotatable bonds is 2. The Morgan fingerprint density at radius 3 is 2.32 bits per heavy atom. The molecule has 0 saturated carbocycles. The van der Waals surface area contributed by atoms with Gasteiger partial charge in [0.1, 0.15) is 0 Å². The summed E-state index contributed by atoms with van der Waals surface area (Å²) in [7, 11) is 0. The fourth-order valence-corrected chi connectivity index (χ4v) is 2.37. The third-order valence-corrected chi connectivity index (χ3v) is 3.54. The molecule has 0 bridgehead atoms. The summed E-state index contributed by atoms with van der Waals surface area (Å²) < 4.78 is 1.89. The van der Waals surface area contributed by atoms with Crippen molar-refractivity contribution in [3.63, 3.8) is 0 Å². The van der Waals surface area contributed by atoms with Crippen LogP contribution in [0, 0.1) is 0 Å². The number of imidazole rings is 1. The molecule has 0 fully saturated rings. The van der Waals surface area contributed by atoms with E-state index in [1.807, 2.05) is 0 Å². The van der Waals surface area contributed by atoms with Gasteiger partial charge in [0, 0.05) is 0 Å². The summed E-state index contributed by atoms with van der Waals surface area (Å²) in [5, 5.41) is 10.2. The van der Waals surface area contributed by atoms with Gasteiger partial charge in [-0.1, -0.05) is 41.9 Å². The number of carbonyl (C=O) groups is 1. The Hall–Kier alpha value is -2.79. The minimum Gasteiger partial charge on any atom is -0.493 e. The van der Waals surface area contributed by atoms with Crippen molar-refractivity contribution >= 4 is 17.5 Å². The zero-order valence-electron chi connectivity index (χ0n) is 11.3. The lowest BCUT2D eigenvalue weighted by atomic mass is 10.2. The van der Waals surface area contributed by atoms with Gasteiger partial charge in [-0.15, -0.1) is 0 Å². The first kappa shape index (κ1) is 14.2. The molecule has 3 aromatic rings. The van der Waals surface area contributed by atoms with E-state index < -0.39 is 17.5 Å². The van der Waals surface area contributed by atoms with Gasteiger partial charge in [0.2, 0.25) is 5.88 Å². The van der Waals surface area contributed by atoms with Crippen molar-refractivity contribution in [3.8, 4) is 11.6 Å². The van der Waals surface area contributed by atoms with Crippen molar-refractivity contribution in [1.82, 2.24) is 9.13 Å². The SMILES string of the molecule is O=C(c1ccccc1Cl)n1c(O)cn(-c2ccccc2)c1=O. The molecule has 0 aliphatic heterocycles. The maximum atomic E-state index is 12.5. The lowest BCUT2D eigenvalue weighted by molar-refractivity contribution is 0.0947. The van der Waals surface area contributed by atoms with Crippen LogP contribution in [-0.2, 0) is 0 Å². The summed E-state index contributed by atoms with van der Waals surface area (Å²) in [4.78, 5) is 24.9. The van der Waals surface area contributed by atoms with Crippen molar-refractivity contribution < 1.29 is 9.90 Å². The van der Waals surface area contributed by atoms with Crippen molar-refractivity contribution in [2.45, 2.75) is 0 Å². The first-order valence-corrected chi connectivity index (χ1v) is 6.85. The van der Waals surface area contributed by atoms with Crippen LogP contribution in [0.25, 0.3) is 5.69 Å². The summed E-state index contributed by atoms with van der Waals surface area (Å²) in [6.45, 7) is 0. The van der Waals surface area contributed by atoms with Crippen molar-refractivity contribution in [2.24, 2.45) is 0 Å². The Bertz CT molecular complexity index is 897. The van der Waals surface area contributed by atoms with Crippen LogP contribution in [0.2, 0.25) is 5.02 Å². The van der Waals surface area contributed by atoms with E-state index in [-0.39, 0.29) is 10.6 Å². The van der Waals surface area contributed by atoms with Gasteiger partial charge in [-0.25, -0.2) is 4.79 Å². The standard InChI is InChI=1S/C16H11ClN2O3/c17-13-9-5-4-8-12(13)15(21)19-14(20)10-18(16(19)22)11-6-2-1-3-7-11/h1-10,20H. The zero-order chi connectivity index (χ0) is 15.7. The van der Waals surface area contributed by atoms with Crippen molar-refractivity contribution in [3.05, 3.63) is 81.9 Å². The molecular weight excluding hydrogens is 304 g/mol. The van der Waals surface area contributed by atoms with Crippen LogP contribution >= 0.6 is 11.6 Å². The first-order chi connectivity index (χ1) is 10.6. The molecule has 0 atom stereocenters. The van der Waals surface area contributed by atoms with Crippen LogP contribution in [0.4, 0.5) is 0 Å². The third-order valence-electron chi connectivity index (χ3n) is 3.21. The number of aromatic hydroxyl groups is 1. The molecule has 22 heavy (non-hydrogen) atoms. The van der Waals surface area contributed by atoms with E-state index >= 15 is 0 Å². The maximum Gasteiger partial charge on any atom is 0.342 e. The lowest BCUT2D eigenvalue weighted by Crippen LogP contribution is -2.28. The molecule has 0 radical (unpaired) electrons. The minimum absolute atomic E-state index is 0.146. The highest BCUT2D eigenvalue weighted by atomic mass is 35.5. The molecule has 0 unspecified atom stereocenters. The molecule has 0 spiro atoms. The van der Waals surface area contributed by atoms with Gasteiger partial charge in [0.05, 0.1) is 22.5 Å². The van der Waals surface area contributed by atoms with E-state index in [2.05, 4.69) is 0 Å². The van der Waals surface area contributed by atoms with Gasteiger partial charge in [0.25, 0.3) is 5.91 Å². The van der Waals surface area contributed by atoms with Crippen molar-refractivity contribution in [1.29, 1.82) is 0 Å². The Morgan fingerprint density at radius 1 is 1.00 bits per heavy atom. The topological polar surface area (TPSA) is 64.2 Å². The molecule has 1 N–H and O–H groups in total. The number of hydrogen-bond donors (Lipinski definition) is 1. The van der Waals surface area contributed by atoms with Gasteiger partial charge in [-0.2, -0.15) is 4.57 Å². The highest BCUT2D eigenvalue weighted by Gasteiger charge is 2.20. The lowest BCUT2D eigenvalue weighted by Gasteiger charge is -2.04. The van der Waals surface area contributed by atoms with E-state index in [1.165, 1.54) is 16.8 Å². The Kier molecular flexibility index (Phi) is 3.56. The summed E-state index contributed by atoms with van der Waals surface area (Å²) in [5.74, 6) is -1.12. The second-order valence-corrected chi connectivity index (χ2v) is 5.00. The highest BCUT2D eigenvalue weighted by Crippen LogP contribution is 2.19. The van der Waals surface area contributed by atoms with Gasteiger partial charge in [0.15, 0.2) is 0 Å². The van der Waals surface area contributed by atoms with Crippen LogP contribution in [0.5, 0.6) is 5.88 Å². The molecule has 0 amide bonds. The molecule has 0 aliphatic rings. The average Bonchev–Trinajstić information content (AvgIpc) is 2.83. The largest absolute Gasteiger partial charge is 0.493 e. The molecular formula is C16H11ClN2O3. The van der Waals surface area contributed by atoms with E-state index in [1.54, 1.807) is 48.5 Å². The van der Waals surface area contributed by atoms with Gasteiger partial charge < -0.3 is 5.11 Å². The summed E-state index contributed by atoms with van der Waals surface area (Å²) in [6.07, 6.45) is 1.20. The second kappa shape index (κ2) is 5.54. The quantitative estimate of drug-likeness (QED) is 0.791. The van der Waals surface area contributed by atoms with E-state index in [0.717, 1.165) is 0 Å². The Morgan fingerprint density at radius 2 is 1.64 bits per heavy atom. The second-order valence-electron chi connectivity index (χ2n) is 4.60. The molecule has 110 valence electrons. The van der Waals surface area contributed by atoms with E-state index in [9.17, 15) is 14.7 Å². The smallest absolute Gasteiger partial charge is 0.342 e. The number of halogens is 1. The molecule has 0 saturated heterocycles. The summed E-state index contributed by atoms with van der Waals surface area (Å²) in [5.41, 5.74) is 0.0366. The number of benzene rings is 2. The maximum absolute atomic E-state index is 12.5. The van der Waals surface area contributed by atoms with Gasteiger partial charge in [-0.3, -0.25) is 9.36 Å². The van der Waals surface area contributed by atoms with E-state index in [4.69, 9.17) is 11.6 Å². The predicted octanol–water partition coefficient (Wildman–Crippen LogP) is 2.69. The molecule has 3 rings (SSSR count). The fourth-order valence-electron chi connectivity index (χ4n) is 2.15. The number of para-hydroxylation sites is 1. The number of aromatic nitrogens is 2. The zero-order valence-corrected chi connectivity index (χ0v) is 12.1. The molecule has 5 nitrogen and oxygen atoms in total. The monoisotopic (exact) mass is 314 g/mol. The van der Waals surface area contributed by atoms with Crippen LogP contribution < -0.4 is 5.69 Å². The molecule has 6 heteroatoms. The van der Waals surface area contributed by atoms with Gasteiger partial charge >= 0.3 is 5.69 Å². The minimum atomic E-state index is -0.678. The molecule has 1 aromatic heterocycles. The van der Waals surface area contributed by atoms with E-state index in [0.29, 0.717) is 10.3 Å². The van der Waals surface area contributed by atoms with Crippen LogP contribution in [0.1, 0.15) is 10.4 Å². The third kappa shape index (κ3) is 2.31. The Balaban J connectivity index is 2.14. The molecule has 0 aliphatic carbocycles. The van der Waals surface area contributed by atoms with Crippen LogP contribution in [-0.4, -0.2) is 20.1 Å². The number of nitrogens with zero attached hydrogens (tertiary/aromatic N) is 2. The van der Waals surface area contributed by atoms with Gasteiger partial charge in [-0.05, 0) is 24.3 Å². The molecule has 1 heterocycles.